The monoisotopic (exact) mass is 530 g/mol. The lowest BCUT2D eigenvalue weighted by Crippen LogP contribution is -2.40. The molecule has 0 unspecified atom stereocenters. The van der Waals surface area contributed by atoms with Crippen molar-refractivity contribution >= 4 is 22.5 Å². The van der Waals surface area contributed by atoms with Gasteiger partial charge in [-0.05, 0) is 48.2 Å². The van der Waals surface area contributed by atoms with Crippen LogP contribution in [0.1, 0.15) is 30.4 Å². The Bertz CT molecular complexity index is 1660. The zero-order valence-corrected chi connectivity index (χ0v) is 21.0. The second-order valence-electron chi connectivity index (χ2n) is 9.19. The molecule has 39 heavy (non-hydrogen) atoms. The highest BCUT2D eigenvalue weighted by molar-refractivity contribution is 5.78. The van der Waals surface area contributed by atoms with E-state index >= 15 is 0 Å². The summed E-state index contributed by atoms with van der Waals surface area (Å²) in [7, 11) is 0. The van der Waals surface area contributed by atoms with Gasteiger partial charge in [0.1, 0.15) is 0 Å². The van der Waals surface area contributed by atoms with Crippen LogP contribution < -0.4 is 26.0 Å². The molecule has 11 nitrogen and oxygen atoms in total. The van der Waals surface area contributed by atoms with Crippen LogP contribution in [-0.4, -0.2) is 26.8 Å². The van der Waals surface area contributed by atoms with Gasteiger partial charge in [0, 0.05) is 31.6 Å². The Morgan fingerprint density at radius 2 is 1.67 bits per heavy atom. The van der Waals surface area contributed by atoms with Crippen molar-refractivity contribution < 1.29 is 19.2 Å². The van der Waals surface area contributed by atoms with E-state index in [1.165, 1.54) is 21.3 Å². The number of hydrogen-bond donors (Lipinski definition) is 1. The van der Waals surface area contributed by atoms with E-state index in [0.29, 0.717) is 47.4 Å². The second-order valence-corrected chi connectivity index (χ2v) is 9.19. The first kappa shape index (κ1) is 25.7. The van der Waals surface area contributed by atoms with Crippen LogP contribution >= 0.6 is 0 Å². The number of carbonyl (C=O) groups is 1. The van der Waals surface area contributed by atoms with Gasteiger partial charge in [-0.1, -0.05) is 30.3 Å². The van der Waals surface area contributed by atoms with E-state index in [1.54, 1.807) is 42.5 Å². The summed E-state index contributed by atoms with van der Waals surface area (Å²) in [6.45, 7) is 0.860. The van der Waals surface area contributed by atoms with Crippen LogP contribution in [0.5, 0.6) is 11.5 Å². The first-order valence-electron chi connectivity index (χ1n) is 12.5. The molecule has 0 atom stereocenters. The summed E-state index contributed by atoms with van der Waals surface area (Å²) < 4.78 is 13.3. The molecule has 1 N–H and O–H groups in total. The summed E-state index contributed by atoms with van der Waals surface area (Å²) in [5.74, 6) is 1.21. The lowest BCUT2D eigenvalue weighted by molar-refractivity contribution is -0.384. The number of nitrogens with zero attached hydrogens (tertiary/aromatic N) is 3. The average Bonchev–Trinajstić information content (AvgIpc) is 3.42. The molecule has 0 radical (unpaired) electrons. The maximum atomic E-state index is 13.4. The van der Waals surface area contributed by atoms with Crippen LogP contribution in [0.4, 0.5) is 5.69 Å². The molecule has 0 aliphatic carbocycles. The summed E-state index contributed by atoms with van der Waals surface area (Å²) in [6, 6.07) is 18.3. The lowest BCUT2D eigenvalue weighted by atomic mass is 10.1. The van der Waals surface area contributed by atoms with Gasteiger partial charge in [-0.15, -0.1) is 0 Å². The predicted octanol–water partition coefficient (Wildman–Crippen LogP) is 3.34. The third kappa shape index (κ3) is 5.66. The molecule has 0 bridgehead atoms. The molecule has 0 saturated carbocycles. The van der Waals surface area contributed by atoms with Crippen molar-refractivity contribution in [1.82, 2.24) is 14.5 Å². The summed E-state index contributed by atoms with van der Waals surface area (Å²) >= 11 is 0. The van der Waals surface area contributed by atoms with E-state index in [2.05, 4.69) is 5.32 Å². The molecular formula is C28H26N4O7. The second kappa shape index (κ2) is 11.2. The van der Waals surface area contributed by atoms with Crippen molar-refractivity contribution in [2.45, 2.75) is 38.9 Å². The van der Waals surface area contributed by atoms with Gasteiger partial charge in [-0.2, -0.15) is 0 Å². The number of fused-ring (bicyclic) bond motifs is 2. The van der Waals surface area contributed by atoms with Crippen molar-refractivity contribution in [2.24, 2.45) is 0 Å². The fourth-order valence-electron chi connectivity index (χ4n) is 4.52. The van der Waals surface area contributed by atoms with E-state index < -0.39 is 10.6 Å². The maximum Gasteiger partial charge on any atom is 0.331 e. The highest BCUT2D eigenvalue weighted by Crippen LogP contribution is 2.32. The Balaban J connectivity index is 1.24. The third-order valence-corrected chi connectivity index (χ3v) is 6.58. The van der Waals surface area contributed by atoms with Crippen molar-refractivity contribution in [3.05, 3.63) is 109 Å². The molecule has 0 spiro atoms. The van der Waals surface area contributed by atoms with E-state index in [-0.39, 0.29) is 43.5 Å². The van der Waals surface area contributed by atoms with E-state index in [9.17, 15) is 24.5 Å². The molecule has 4 aromatic rings. The number of benzene rings is 3. The topological polar surface area (TPSA) is 135 Å². The van der Waals surface area contributed by atoms with Gasteiger partial charge < -0.3 is 14.8 Å². The van der Waals surface area contributed by atoms with Crippen LogP contribution in [0.3, 0.4) is 0 Å². The molecule has 1 aliphatic heterocycles. The average molecular weight is 531 g/mol. The number of amides is 1. The van der Waals surface area contributed by atoms with Crippen molar-refractivity contribution in [3.63, 3.8) is 0 Å². The Morgan fingerprint density at radius 3 is 2.46 bits per heavy atom. The zero-order chi connectivity index (χ0) is 27.4. The van der Waals surface area contributed by atoms with Crippen LogP contribution in [0.15, 0.2) is 76.3 Å². The lowest BCUT2D eigenvalue weighted by Gasteiger charge is -2.14. The minimum absolute atomic E-state index is 0.0409. The predicted molar refractivity (Wildman–Crippen MR) is 143 cm³/mol. The molecule has 11 heteroatoms. The van der Waals surface area contributed by atoms with Gasteiger partial charge in [0.2, 0.25) is 12.7 Å². The molecule has 200 valence electrons. The molecule has 0 fully saturated rings. The Labute approximate surface area is 222 Å². The molecule has 3 aromatic carbocycles. The minimum Gasteiger partial charge on any atom is -0.454 e. The number of unbranched alkanes of at least 4 members (excludes halogenated alkanes) is 1. The number of nitro groups is 1. The van der Waals surface area contributed by atoms with Gasteiger partial charge in [0.05, 0.1) is 22.4 Å². The summed E-state index contributed by atoms with van der Waals surface area (Å²) in [4.78, 5) is 49.3. The van der Waals surface area contributed by atoms with Crippen LogP contribution in [0.2, 0.25) is 0 Å². The van der Waals surface area contributed by atoms with E-state index in [1.807, 2.05) is 12.1 Å². The number of non-ortho nitro benzene ring substituents is 1. The first-order valence-corrected chi connectivity index (χ1v) is 12.5. The number of rotatable bonds is 10. The number of aromatic nitrogens is 2. The van der Waals surface area contributed by atoms with Gasteiger partial charge in [0.15, 0.2) is 11.5 Å². The molecule has 1 aromatic heterocycles. The number of hydrogen-bond acceptors (Lipinski definition) is 7. The molecule has 2 heterocycles. The first-order chi connectivity index (χ1) is 18.9. The smallest absolute Gasteiger partial charge is 0.331 e. The normalized spacial score (nSPS) is 12.0. The van der Waals surface area contributed by atoms with E-state index in [0.717, 1.165) is 5.56 Å². The summed E-state index contributed by atoms with van der Waals surface area (Å²) in [5, 5.41) is 14.2. The van der Waals surface area contributed by atoms with Crippen LogP contribution in [0, 0.1) is 10.1 Å². The Hall–Kier alpha value is -4.93. The number of nitro benzene ring substituents is 1. The highest BCUT2D eigenvalue weighted by Gasteiger charge is 2.15. The van der Waals surface area contributed by atoms with Crippen molar-refractivity contribution in [2.75, 3.05) is 6.79 Å². The molecule has 1 amide bonds. The highest BCUT2D eigenvalue weighted by atomic mass is 16.7. The number of nitrogens with one attached hydrogen (secondary N) is 1. The SMILES string of the molecule is O=C(CCCCn1c(=O)c2ccccc2n(Cc2ccc([N+](=O)[O-])cc2)c1=O)NCc1ccc2c(c1)OCO2. The third-order valence-electron chi connectivity index (χ3n) is 6.58. The minimum atomic E-state index is -0.483. The number of para-hydroxylation sites is 1. The summed E-state index contributed by atoms with van der Waals surface area (Å²) in [6.07, 6.45) is 1.21. The fourth-order valence-corrected chi connectivity index (χ4v) is 4.52. The largest absolute Gasteiger partial charge is 0.454 e. The van der Waals surface area contributed by atoms with Gasteiger partial charge >= 0.3 is 5.69 Å². The maximum absolute atomic E-state index is 13.4. The number of carbonyl (C=O) groups excluding carboxylic acids is 1. The quantitative estimate of drug-likeness (QED) is 0.189. The Morgan fingerprint density at radius 1 is 0.923 bits per heavy atom. The van der Waals surface area contributed by atoms with E-state index in [4.69, 9.17) is 9.47 Å². The summed E-state index contributed by atoms with van der Waals surface area (Å²) in [5.41, 5.74) is 1.18. The van der Waals surface area contributed by atoms with Gasteiger partial charge in [-0.25, -0.2) is 4.79 Å². The number of ether oxygens (including phenoxy) is 2. The van der Waals surface area contributed by atoms with Crippen molar-refractivity contribution in [1.29, 1.82) is 0 Å². The van der Waals surface area contributed by atoms with Crippen molar-refractivity contribution in [3.8, 4) is 11.5 Å². The Kier molecular flexibility index (Phi) is 7.39. The standard InChI is InChI=1S/C28H26N4O7/c33-26(29-16-20-10-13-24-25(15-20)39-18-38-24)7-3-4-14-30-27(34)22-5-1-2-6-23(22)31(28(30)35)17-19-8-11-21(12-9-19)32(36)37/h1-2,5-6,8-13,15H,3-4,7,14,16-18H2,(H,29,33). The molecule has 1 aliphatic rings. The molecule has 5 rings (SSSR count). The zero-order valence-electron chi connectivity index (χ0n) is 21.0. The van der Waals surface area contributed by atoms with Crippen LogP contribution in [0.25, 0.3) is 10.9 Å². The molecule has 0 saturated heterocycles. The molecular weight excluding hydrogens is 504 g/mol. The fraction of sp³-hybridized carbons (Fsp3) is 0.250. The van der Waals surface area contributed by atoms with Gasteiger partial charge in [-0.3, -0.25) is 28.8 Å². The van der Waals surface area contributed by atoms with Crippen LogP contribution in [-0.2, 0) is 24.4 Å². The van der Waals surface area contributed by atoms with Gasteiger partial charge in [0.25, 0.3) is 11.2 Å².